The van der Waals surface area contributed by atoms with Crippen molar-refractivity contribution in [2.24, 2.45) is 0 Å². The smallest absolute Gasteiger partial charge is 0.281 e. The summed E-state index contributed by atoms with van der Waals surface area (Å²) in [6.45, 7) is 3.96. The van der Waals surface area contributed by atoms with Gasteiger partial charge in [-0.15, -0.1) is 0 Å². The van der Waals surface area contributed by atoms with E-state index in [4.69, 9.17) is 4.74 Å². The Labute approximate surface area is 184 Å². The van der Waals surface area contributed by atoms with Crippen molar-refractivity contribution in [2.45, 2.75) is 32.4 Å². The third kappa shape index (κ3) is 5.81. The van der Waals surface area contributed by atoms with Gasteiger partial charge in [0.1, 0.15) is 11.9 Å². The lowest BCUT2D eigenvalue weighted by Gasteiger charge is -2.32. The Morgan fingerprint density at radius 3 is 2.26 bits per heavy atom. The Kier molecular flexibility index (Phi) is 7.64. The number of aromatic nitrogens is 1. The van der Waals surface area contributed by atoms with E-state index in [1.54, 1.807) is 41.6 Å². The highest BCUT2D eigenvalue weighted by Gasteiger charge is 2.30. The maximum absolute atomic E-state index is 12.9. The molecule has 3 rings (SSSR count). The van der Waals surface area contributed by atoms with Crippen molar-refractivity contribution >= 4 is 16.1 Å². The number of hydrogen-bond donors (Lipinski definition) is 0. The first-order valence-electron chi connectivity index (χ1n) is 10.4. The van der Waals surface area contributed by atoms with Crippen molar-refractivity contribution in [3.05, 3.63) is 59.9 Å². The molecule has 2 heterocycles. The fourth-order valence-electron chi connectivity index (χ4n) is 3.50. The van der Waals surface area contributed by atoms with Gasteiger partial charge in [-0.05, 0) is 61.7 Å². The summed E-state index contributed by atoms with van der Waals surface area (Å²) in [4.78, 5) is 18.7. The lowest BCUT2D eigenvalue weighted by Crippen LogP contribution is -2.46. The van der Waals surface area contributed by atoms with E-state index in [1.807, 2.05) is 19.1 Å². The molecule has 0 atom stereocenters. The monoisotopic (exact) mass is 446 g/mol. The number of carbonyl (C=O) groups excluding carboxylic acids is 1. The Morgan fingerprint density at radius 2 is 1.71 bits per heavy atom. The van der Waals surface area contributed by atoms with Crippen molar-refractivity contribution in [1.29, 1.82) is 0 Å². The normalized spacial score (nSPS) is 15.7. The minimum Gasteiger partial charge on any atom is -0.490 e. The zero-order valence-corrected chi connectivity index (χ0v) is 19.1. The molecule has 1 aromatic carbocycles. The molecule has 0 radical (unpaired) electrons. The third-order valence-electron chi connectivity index (χ3n) is 5.38. The van der Waals surface area contributed by atoms with Crippen LogP contribution in [0.15, 0.2) is 48.8 Å². The second-order valence-electron chi connectivity index (χ2n) is 7.71. The summed E-state index contributed by atoms with van der Waals surface area (Å²) in [5, 5.41) is 0. The quantitative estimate of drug-likeness (QED) is 0.622. The van der Waals surface area contributed by atoms with Crippen molar-refractivity contribution in [3.63, 3.8) is 0 Å². The molecule has 0 unspecified atom stereocenters. The lowest BCUT2D eigenvalue weighted by molar-refractivity contribution is 0.0752. The zero-order valence-electron chi connectivity index (χ0n) is 18.3. The molecule has 0 N–H and O–H groups in total. The lowest BCUT2D eigenvalue weighted by atomic mass is 10.1. The summed E-state index contributed by atoms with van der Waals surface area (Å²) in [6.07, 6.45) is 4.65. The zero-order chi connectivity index (χ0) is 22.4. The van der Waals surface area contributed by atoms with Gasteiger partial charge in [0.15, 0.2) is 0 Å². The number of nitrogens with zero attached hydrogens (tertiary/aromatic N) is 4. The van der Waals surface area contributed by atoms with Crippen molar-refractivity contribution in [1.82, 2.24) is 18.5 Å². The van der Waals surface area contributed by atoms with E-state index in [0.29, 0.717) is 50.3 Å². The van der Waals surface area contributed by atoms with Gasteiger partial charge in [0.2, 0.25) is 0 Å². The average molecular weight is 447 g/mol. The van der Waals surface area contributed by atoms with Crippen LogP contribution >= 0.6 is 0 Å². The van der Waals surface area contributed by atoms with Crippen LogP contribution in [0, 0.1) is 0 Å². The van der Waals surface area contributed by atoms with Crippen LogP contribution < -0.4 is 4.74 Å². The fraction of sp³-hybridized carbons (Fsp3) is 0.455. The van der Waals surface area contributed by atoms with Gasteiger partial charge in [0, 0.05) is 58.2 Å². The molecule has 31 heavy (non-hydrogen) atoms. The average Bonchev–Trinajstić information content (AvgIpc) is 2.78. The predicted octanol–water partition coefficient (Wildman–Crippen LogP) is 2.39. The minimum absolute atomic E-state index is 0.0342. The van der Waals surface area contributed by atoms with Crippen LogP contribution in [0.1, 0.15) is 35.7 Å². The molecule has 8 nitrogen and oxygen atoms in total. The van der Waals surface area contributed by atoms with Crippen LogP contribution in [0.4, 0.5) is 0 Å². The molecular formula is C22H30N4O4S. The molecule has 168 valence electrons. The molecule has 1 aliphatic rings. The van der Waals surface area contributed by atoms with E-state index in [9.17, 15) is 13.2 Å². The summed E-state index contributed by atoms with van der Waals surface area (Å²) >= 11 is 0. The third-order valence-corrected chi connectivity index (χ3v) is 7.33. The van der Waals surface area contributed by atoms with Crippen LogP contribution in [-0.4, -0.2) is 72.7 Å². The molecule has 0 bridgehead atoms. The van der Waals surface area contributed by atoms with Gasteiger partial charge in [-0.3, -0.25) is 9.78 Å². The van der Waals surface area contributed by atoms with Crippen molar-refractivity contribution in [3.8, 4) is 5.75 Å². The van der Waals surface area contributed by atoms with Gasteiger partial charge in [-0.1, -0.05) is 0 Å². The summed E-state index contributed by atoms with van der Waals surface area (Å²) in [5.74, 6) is 0.649. The number of ether oxygens (including phenoxy) is 1. The van der Waals surface area contributed by atoms with E-state index in [-0.39, 0.29) is 12.0 Å². The maximum atomic E-state index is 12.9. The Bertz CT molecular complexity index is 957. The Hall–Kier alpha value is -2.49. The molecular weight excluding hydrogens is 416 g/mol. The SMILES string of the molecule is CCN(Cc1ccncc1)C(=O)c1ccc(OC2CCN(S(=O)(=O)N(C)C)CC2)cc1. The highest BCUT2D eigenvalue weighted by atomic mass is 32.2. The summed E-state index contributed by atoms with van der Waals surface area (Å²) < 4.78 is 33.2. The summed E-state index contributed by atoms with van der Waals surface area (Å²) in [5.41, 5.74) is 1.64. The van der Waals surface area contributed by atoms with E-state index in [1.165, 1.54) is 22.7 Å². The number of benzene rings is 1. The van der Waals surface area contributed by atoms with Gasteiger partial charge in [0.05, 0.1) is 0 Å². The highest BCUT2D eigenvalue weighted by Crippen LogP contribution is 2.22. The predicted molar refractivity (Wildman–Crippen MR) is 119 cm³/mol. The molecule has 0 spiro atoms. The molecule has 1 fully saturated rings. The van der Waals surface area contributed by atoms with E-state index in [2.05, 4.69) is 4.98 Å². The van der Waals surface area contributed by atoms with Gasteiger partial charge < -0.3 is 9.64 Å². The second-order valence-corrected chi connectivity index (χ2v) is 9.85. The maximum Gasteiger partial charge on any atom is 0.281 e. The van der Waals surface area contributed by atoms with Crippen LogP contribution in [0.2, 0.25) is 0 Å². The fourth-order valence-corrected chi connectivity index (χ4v) is 4.63. The van der Waals surface area contributed by atoms with Crippen LogP contribution in [0.25, 0.3) is 0 Å². The minimum atomic E-state index is -3.38. The van der Waals surface area contributed by atoms with Crippen LogP contribution in [-0.2, 0) is 16.8 Å². The van der Waals surface area contributed by atoms with E-state index >= 15 is 0 Å². The molecule has 1 saturated heterocycles. The first kappa shape index (κ1) is 23.2. The van der Waals surface area contributed by atoms with Gasteiger partial charge in [-0.2, -0.15) is 17.0 Å². The van der Waals surface area contributed by atoms with E-state index < -0.39 is 10.2 Å². The largest absolute Gasteiger partial charge is 0.490 e. The molecule has 1 aromatic heterocycles. The van der Waals surface area contributed by atoms with Gasteiger partial charge in [0.25, 0.3) is 16.1 Å². The van der Waals surface area contributed by atoms with Crippen LogP contribution in [0.3, 0.4) is 0 Å². The second kappa shape index (κ2) is 10.2. The van der Waals surface area contributed by atoms with Crippen molar-refractivity contribution < 1.29 is 17.9 Å². The van der Waals surface area contributed by atoms with E-state index in [0.717, 1.165) is 5.56 Å². The summed E-state index contributed by atoms with van der Waals surface area (Å²) in [7, 11) is -0.301. The molecule has 9 heteroatoms. The van der Waals surface area contributed by atoms with Crippen LogP contribution in [0.5, 0.6) is 5.75 Å². The van der Waals surface area contributed by atoms with Gasteiger partial charge in [-0.25, -0.2) is 0 Å². The molecule has 1 amide bonds. The topological polar surface area (TPSA) is 83.0 Å². The number of pyridine rings is 1. The number of hydrogen-bond acceptors (Lipinski definition) is 5. The Morgan fingerprint density at radius 1 is 1.10 bits per heavy atom. The standard InChI is InChI=1S/C22H30N4O4S/c1-4-25(17-18-9-13-23-14-10-18)22(27)19-5-7-20(8-6-19)30-21-11-15-26(16-12-21)31(28,29)24(2)3/h5-10,13-14,21H,4,11-12,15-17H2,1-3H3. The van der Waals surface area contributed by atoms with Crippen molar-refractivity contribution in [2.75, 3.05) is 33.7 Å². The van der Waals surface area contributed by atoms with Gasteiger partial charge >= 0.3 is 0 Å². The number of carbonyl (C=O) groups is 1. The molecule has 2 aromatic rings. The first-order valence-corrected chi connectivity index (χ1v) is 11.8. The first-order chi connectivity index (χ1) is 14.8. The Balaban J connectivity index is 1.56. The number of amides is 1. The molecule has 1 aliphatic heterocycles. The molecule has 0 aliphatic carbocycles. The highest BCUT2D eigenvalue weighted by molar-refractivity contribution is 7.86. The number of rotatable bonds is 8. The molecule has 0 saturated carbocycles. The number of piperidine rings is 1. The summed E-state index contributed by atoms with van der Waals surface area (Å²) in [6, 6.07) is 11.0.